The van der Waals surface area contributed by atoms with Gasteiger partial charge in [0.05, 0.1) is 5.60 Å². The van der Waals surface area contributed by atoms with Gasteiger partial charge in [0.1, 0.15) is 0 Å². The molecular weight excluding hydrogens is 200 g/mol. The molecule has 2 heterocycles. The van der Waals surface area contributed by atoms with E-state index in [0.29, 0.717) is 6.04 Å². The first-order valence-corrected chi connectivity index (χ1v) is 6.88. The van der Waals surface area contributed by atoms with Crippen molar-refractivity contribution in [1.29, 1.82) is 0 Å². The van der Waals surface area contributed by atoms with Crippen LogP contribution in [0.15, 0.2) is 0 Å². The molecule has 0 aromatic heterocycles. The second-order valence-electron chi connectivity index (χ2n) is 5.45. The Morgan fingerprint density at radius 2 is 2.00 bits per heavy atom. The van der Waals surface area contributed by atoms with Crippen LogP contribution in [0.4, 0.5) is 0 Å². The molecule has 2 aliphatic heterocycles. The van der Waals surface area contributed by atoms with Crippen molar-refractivity contribution in [1.82, 2.24) is 10.2 Å². The maximum Gasteiger partial charge on any atom is 0.0766 e. The van der Waals surface area contributed by atoms with Gasteiger partial charge in [-0.25, -0.2) is 0 Å². The first-order chi connectivity index (χ1) is 7.68. The Morgan fingerprint density at radius 3 is 2.69 bits per heavy atom. The third-order valence-corrected chi connectivity index (χ3v) is 4.62. The standard InChI is InChI=1S/C13H26N2O/c1-3-13(16,4-2)10-14-11-7-9-15-8-5-6-12(11)15/h11-12,14,16H,3-10H2,1-2H3. The molecule has 0 saturated carbocycles. The van der Waals surface area contributed by atoms with Crippen LogP contribution in [0.5, 0.6) is 0 Å². The van der Waals surface area contributed by atoms with Crippen molar-refractivity contribution >= 4 is 0 Å². The van der Waals surface area contributed by atoms with Crippen LogP contribution >= 0.6 is 0 Å². The topological polar surface area (TPSA) is 35.5 Å². The number of nitrogens with zero attached hydrogens (tertiary/aromatic N) is 1. The molecule has 2 N–H and O–H groups in total. The minimum atomic E-state index is -0.494. The first kappa shape index (κ1) is 12.3. The number of aliphatic hydroxyl groups is 1. The minimum absolute atomic E-state index is 0.494. The van der Waals surface area contributed by atoms with E-state index in [4.69, 9.17) is 0 Å². The molecule has 0 radical (unpaired) electrons. The Labute approximate surface area is 99.2 Å². The highest BCUT2D eigenvalue weighted by atomic mass is 16.3. The molecule has 94 valence electrons. The number of hydrogen-bond acceptors (Lipinski definition) is 3. The van der Waals surface area contributed by atoms with Crippen LogP contribution in [0.1, 0.15) is 46.0 Å². The first-order valence-electron chi connectivity index (χ1n) is 6.88. The quantitative estimate of drug-likeness (QED) is 0.743. The van der Waals surface area contributed by atoms with Gasteiger partial charge in [-0.15, -0.1) is 0 Å². The Morgan fingerprint density at radius 1 is 1.25 bits per heavy atom. The van der Waals surface area contributed by atoms with Crippen LogP contribution in [-0.2, 0) is 0 Å². The third kappa shape index (κ3) is 2.41. The lowest BCUT2D eigenvalue weighted by atomic mass is 9.96. The fourth-order valence-electron chi connectivity index (χ4n) is 3.14. The summed E-state index contributed by atoms with van der Waals surface area (Å²) in [7, 11) is 0. The molecular formula is C13H26N2O. The largest absolute Gasteiger partial charge is 0.389 e. The SMILES string of the molecule is CCC(O)(CC)CNC1CCN2CCCC12. The van der Waals surface area contributed by atoms with Crippen molar-refractivity contribution in [2.24, 2.45) is 0 Å². The molecule has 0 spiro atoms. The van der Waals surface area contributed by atoms with E-state index in [1.165, 1.54) is 32.4 Å². The van der Waals surface area contributed by atoms with E-state index in [-0.39, 0.29) is 0 Å². The smallest absolute Gasteiger partial charge is 0.0766 e. The van der Waals surface area contributed by atoms with Gasteiger partial charge in [0.25, 0.3) is 0 Å². The van der Waals surface area contributed by atoms with E-state index < -0.39 is 5.60 Å². The molecule has 0 aromatic rings. The predicted molar refractivity (Wildman–Crippen MR) is 66.5 cm³/mol. The zero-order valence-corrected chi connectivity index (χ0v) is 10.7. The Hall–Kier alpha value is -0.120. The molecule has 0 amide bonds. The predicted octanol–water partition coefficient (Wildman–Crippen LogP) is 1.36. The summed E-state index contributed by atoms with van der Waals surface area (Å²) in [5.74, 6) is 0. The van der Waals surface area contributed by atoms with Gasteiger partial charge in [-0.2, -0.15) is 0 Å². The van der Waals surface area contributed by atoms with E-state index in [1.807, 2.05) is 0 Å². The normalized spacial score (nSPS) is 30.9. The summed E-state index contributed by atoms with van der Waals surface area (Å²) < 4.78 is 0. The average Bonchev–Trinajstić information content (AvgIpc) is 2.89. The van der Waals surface area contributed by atoms with Crippen molar-refractivity contribution in [3.8, 4) is 0 Å². The van der Waals surface area contributed by atoms with Gasteiger partial charge in [0.15, 0.2) is 0 Å². The van der Waals surface area contributed by atoms with Crippen molar-refractivity contribution in [3.63, 3.8) is 0 Å². The van der Waals surface area contributed by atoms with Crippen LogP contribution in [-0.4, -0.2) is 47.3 Å². The fourth-order valence-corrected chi connectivity index (χ4v) is 3.14. The summed E-state index contributed by atoms with van der Waals surface area (Å²) in [4.78, 5) is 2.61. The zero-order chi connectivity index (χ0) is 11.6. The highest BCUT2D eigenvalue weighted by Crippen LogP contribution is 2.28. The molecule has 2 atom stereocenters. The highest BCUT2D eigenvalue weighted by Gasteiger charge is 2.37. The van der Waals surface area contributed by atoms with Crippen molar-refractivity contribution in [2.45, 2.75) is 63.6 Å². The van der Waals surface area contributed by atoms with Gasteiger partial charge in [-0.1, -0.05) is 13.8 Å². The molecule has 2 unspecified atom stereocenters. The zero-order valence-electron chi connectivity index (χ0n) is 10.7. The second kappa shape index (κ2) is 5.03. The van der Waals surface area contributed by atoms with Gasteiger partial charge in [-0.05, 0) is 38.6 Å². The summed E-state index contributed by atoms with van der Waals surface area (Å²) in [6.45, 7) is 7.44. The molecule has 0 aliphatic carbocycles. The van der Waals surface area contributed by atoms with Crippen LogP contribution in [0, 0.1) is 0 Å². The molecule has 2 saturated heterocycles. The third-order valence-electron chi connectivity index (χ3n) is 4.62. The summed E-state index contributed by atoms with van der Waals surface area (Å²) in [5, 5.41) is 13.9. The van der Waals surface area contributed by atoms with Gasteiger partial charge >= 0.3 is 0 Å². The van der Waals surface area contributed by atoms with Gasteiger partial charge < -0.3 is 10.4 Å². The monoisotopic (exact) mass is 226 g/mol. The number of rotatable bonds is 5. The lowest BCUT2D eigenvalue weighted by molar-refractivity contribution is 0.0290. The lowest BCUT2D eigenvalue weighted by Gasteiger charge is -2.29. The van der Waals surface area contributed by atoms with E-state index in [9.17, 15) is 5.11 Å². The van der Waals surface area contributed by atoms with E-state index in [2.05, 4.69) is 24.1 Å². The molecule has 3 heteroatoms. The summed E-state index contributed by atoms with van der Waals surface area (Å²) >= 11 is 0. The molecule has 0 aromatic carbocycles. The van der Waals surface area contributed by atoms with Crippen LogP contribution in [0.25, 0.3) is 0 Å². The second-order valence-corrected chi connectivity index (χ2v) is 5.45. The maximum absolute atomic E-state index is 10.3. The Kier molecular flexibility index (Phi) is 3.88. The average molecular weight is 226 g/mol. The minimum Gasteiger partial charge on any atom is -0.389 e. The summed E-state index contributed by atoms with van der Waals surface area (Å²) in [5.41, 5.74) is -0.494. The number of fused-ring (bicyclic) bond motifs is 1. The van der Waals surface area contributed by atoms with Gasteiger partial charge in [-0.3, -0.25) is 4.90 Å². The van der Waals surface area contributed by atoms with Crippen molar-refractivity contribution < 1.29 is 5.11 Å². The molecule has 2 rings (SSSR count). The summed E-state index contributed by atoms with van der Waals surface area (Å²) in [6.07, 6.45) is 5.65. The van der Waals surface area contributed by atoms with Gasteiger partial charge in [0.2, 0.25) is 0 Å². The Bertz CT molecular complexity index is 228. The molecule has 2 aliphatic rings. The fraction of sp³-hybridized carbons (Fsp3) is 1.00. The molecule has 16 heavy (non-hydrogen) atoms. The Balaban J connectivity index is 1.82. The van der Waals surface area contributed by atoms with Gasteiger partial charge in [0, 0.05) is 25.2 Å². The number of nitrogens with one attached hydrogen (secondary N) is 1. The summed E-state index contributed by atoms with van der Waals surface area (Å²) in [6, 6.07) is 1.37. The van der Waals surface area contributed by atoms with E-state index in [0.717, 1.165) is 25.4 Å². The van der Waals surface area contributed by atoms with Crippen LogP contribution < -0.4 is 5.32 Å². The van der Waals surface area contributed by atoms with Crippen molar-refractivity contribution in [3.05, 3.63) is 0 Å². The molecule has 0 bridgehead atoms. The maximum atomic E-state index is 10.3. The van der Waals surface area contributed by atoms with E-state index in [1.54, 1.807) is 0 Å². The molecule has 2 fully saturated rings. The lowest BCUT2D eigenvalue weighted by Crippen LogP contribution is -2.47. The van der Waals surface area contributed by atoms with Crippen LogP contribution in [0.2, 0.25) is 0 Å². The number of hydrogen-bond donors (Lipinski definition) is 2. The molecule has 3 nitrogen and oxygen atoms in total. The van der Waals surface area contributed by atoms with Crippen LogP contribution in [0.3, 0.4) is 0 Å². The van der Waals surface area contributed by atoms with E-state index >= 15 is 0 Å². The van der Waals surface area contributed by atoms with Crippen molar-refractivity contribution in [2.75, 3.05) is 19.6 Å². The highest BCUT2D eigenvalue weighted by molar-refractivity contribution is 4.96.